The molecule has 1 unspecified atom stereocenters. The highest BCUT2D eigenvalue weighted by Gasteiger charge is 2.20. The maximum atomic E-state index is 5.30. The maximum Gasteiger partial charge on any atom is 0.0628 e. The van der Waals surface area contributed by atoms with Crippen molar-refractivity contribution in [3.05, 3.63) is 0 Å². The van der Waals surface area contributed by atoms with Gasteiger partial charge in [-0.15, -0.1) is 0 Å². The summed E-state index contributed by atoms with van der Waals surface area (Å²) in [5.41, 5.74) is 0. The number of methoxy groups -OCH3 is 1. The Labute approximate surface area is 113 Å². The van der Waals surface area contributed by atoms with E-state index in [1.807, 2.05) is 0 Å². The molecule has 18 heavy (non-hydrogen) atoms. The molecule has 4 heteroatoms. The second-order valence-electron chi connectivity index (χ2n) is 5.54. The van der Waals surface area contributed by atoms with Gasteiger partial charge in [-0.1, -0.05) is 6.92 Å². The first kappa shape index (κ1) is 15.9. The molecule has 0 spiro atoms. The molecule has 0 saturated carbocycles. The number of ether oxygens (including phenoxy) is 1. The van der Waals surface area contributed by atoms with E-state index in [2.05, 4.69) is 35.9 Å². The van der Waals surface area contributed by atoms with Crippen LogP contribution in [0.15, 0.2) is 0 Å². The third-order valence-electron chi connectivity index (χ3n) is 3.67. The van der Waals surface area contributed by atoms with E-state index in [0.29, 0.717) is 12.1 Å². The lowest BCUT2D eigenvalue weighted by Crippen LogP contribution is -2.53. The van der Waals surface area contributed by atoms with Crippen molar-refractivity contribution in [2.45, 2.75) is 39.3 Å². The van der Waals surface area contributed by atoms with Gasteiger partial charge < -0.3 is 10.1 Å². The molecule has 0 bridgehead atoms. The van der Waals surface area contributed by atoms with Crippen LogP contribution in [0.3, 0.4) is 0 Å². The van der Waals surface area contributed by atoms with E-state index in [1.54, 1.807) is 7.11 Å². The Morgan fingerprint density at radius 3 is 2.33 bits per heavy atom. The Morgan fingerprint density at radius 2 is 1.83 bits per heavy atom. The second kappa shape index (κ2) is 8.86. The fourth-order valence-electron chi connectivity index (χ4n) is 2.50. The molecule has 1 fully saturated rings. The maximum absolute atomic E-state index is 5.30. The lowest BCUT2D eigenvalue weighted by molar-refractivity contribution is 0.0843. The Morgan fingerprint density at radius 1 is 1.17 bits per heavy atom. The van der Waals surface area contributed by atoms with Crippen molar-refractivity contribution in [2.24, 2.45) is 0 Å². The summed E-state index contributed by atoms with van der Waals surface area (Å²) in [7, 11) is 1.79. The van der Waals surface area contributed by atoms with E-state index >= 15 is 0 Å². The number of nitrogens with one attached hydrogen (secondary N) is 1. The minimum Gasteiger partial charge on any atom is -0.383 e. The van der Waals surface area contributed by atoms with E-state index in [1.165, 1.54) is 32.6 Å². The molecule has 1 aliphatic heterocycles. The lowest BCUT2D eigenvalue weighted by atomic mass is 10.2. The molecule has 1 N–H and O–H groups in total. The highest BCUT2D eigenvalue weighted by molar-refractivity contribution is 4.78. The Bertz CT molecular complexity index is 203. The molecule has 1 aliphatic rings. The topological polar surface area (TPSA) is 27.7 Å². The van der Waals surface area contributed by atoms with Crippen molar-refractivity contribution in [3.8, 4) is 0 Å². The van der Waals surface area contributed by atoms with Gasteiger partial charge in [0.25, 0.3) is 0 Å². The number of hydrogen-bond acceptors (Lipinski definition) is 4. The van der Waals surface area contributed by atoms with Gasteiger partial charge in [0.1, 0.15) is 0 Å². The number of rotatable bonds is 8. The first-order chi connectivity index (χ1) is 8.67. The fraction of sp³-hybridized carbons (Fsp3) is 1.00. The van der Waals surface area contributed by atoms with Gasteiger partial charge in [0.15, 0.2) is 0 Å². The van der Waals surface area contributed by atoms with Gasteiger partial charge >= 0.3 is 0 Å². The quantitative estimate of drug-likeness (QED) is 0.703. The van der Waals surface area contributed by atoms with Crippen molar-refractivity contribution < 1.29 is 4.74 Å². The normalized spacial score (nSPS) is 20.5. The van der Waals surface area contributed by atoms with Gasteiger partial charge in [-0.05, 0) is 26.8 Å². The third kappa shape index (κ3) is 5.65. The molecule has 1 rings (SSSR count). The molecule has 1 atom stereocenters. The van der Waals surface area contributed by atoms with Gasteiger partial charge in [-0.2, -0.15) is 0 Å². The Balaban J connectivity index is 2.27. The van der Waals surface area contributed by atoms with Crippen molar-refractivity contribution in [3.63, 3.8) is 0 Å². The van der Waals surface area contributed by atoms with Gasteiger partial charge in [-0.25, -0.2) is 0 Å². The zero-order valence-electron chi connectivity index (χ0n) is 12.6. The summed E-state index contributed by atoms with van der Waals surface area (Å²) in [6, 6.07) is 1.15. The minimum atomic E-state index is 0.473. The van der Waals surface area contributed by atoms with E-state index in [4.69, 9.17) is 4.74 Å². The van der Waals surface area contributed by atoms with Gasteiger partial charge in [0.2, 0.25) is 0 Å². The number of nitrogens with zero attached hydrogens (tertiary/aromatic N) is 2. The van der Waals surface area contributed by atoms with Crippen LogP contribution in [0.4, 0.5) is 0 Å². The van der Waals surface area contributed by atoms with E-state index in [0.717, 1.165) is 19.7 Å². The molecule has 0 aromatic heterocycles. The van der Waals surface area contributed by atoms with Crippen LogP contribution in [0.25, 0.3) is 0 Å². The lowest BCUT2D eigenvalue weighted by Gasteiger charge is -2.38. The highest BCUT2D eigenvalue weighted by Crippen LogP contribution is 2.06. The fourth-order valence-corrected chi connectivity index (χ4v) is 2.50. The zero-order chi connectivity index (χ0) is 13.4. The minimum absolute atomic E-state index is 0.473. The van der Waals surface area contributed by atoms with Gasteiger partial charge in [-0.3, -0.25) is 9.80 Å². The van der Waals surface area contributed by atoms with Crippen LogP contribution in [0, 0.1) is 0 Å². The van der Waals surface area contributed by atoms with E-state index in [9.17, 15) is 0 Å². The zero-order valence-corrected chi connectivity index (χ0v) is 12.6. The standard InChI is InChI=1S/C14H31N3O/c1-5-6-15-14(12-18-4)11-16-7-9-17(10-8-16)13(2)3/h13-15H,5-12H2,1-4H3. The second-order valence-corrected chi connectivity index (χ2v) is 5.54. The van der Waals surface area contributed by atoms with Crippen molar-refractivity contribution in [1.29, 1.82) is 0 Å². The van der Waals surface area contributed by atoms with Crippen LogP contribution in [-0.4, -0.2) is 74.9 Å². The van der Waals surface area contributed by atoms with Crippen LogP contribution in [0.2, 0.25) is 0 Å². The smallest absolute Gasteiger partial charge is 0.0628 e. The largest absolute Gasteiger partial charge is 0.383 e. The van der Waals surface area contributed by atoms with Crippen molar-refractivity contribution >= 4 is 0 Å². The monoisotopic (exact) mass is 257 g/mol. The van der Waals surface area contributed by atoms with E-state index in [-0.39, 0.29) is 0 Å². The molecule has 108 valence electrons. The molecule has 0 aromatic rings. The van der Waals surface area contributed by atoms with Crippen LogP contribution in [0.5, 0.6) is 0 Å². The Kier molecular flexibility index (Phi) is 7.82. The molecule has 0 radical (unpaired) electrons. The molecular weight excluding hydrogens is 226 g/mol. The molecule has 0 aromatic carbocycles. The molecule has 1 saturated heterocycles. The summed E-state index contributed by atoms with van der Waals surface area (Å²) in [5.74, 6) is 0. The van der Waals surface area contributed by atoms with Crippen LogP contribution in [0.1, 0.15) is 27.2 Å². The van der Waals surface area contributed by atoms with Crippen molar-refractivity contribution in [2.75, 3.05) is 53.0 Å². The third-order valence-corrected chi connectivity index (χ3v) is 3.67. The SMILES string of the molecule is CCCNC(COC)CN1CCN(C(C)C)CC1. The summed E-state index contributed by atoms with van der Waals surface area (Å²) in [4.78, 5) is 5.12. The van der Waals surface area contributed by atoms with Gasteiger partial charge in [0, 0.05) is 51.9 Å². The molecule has 1 heterocycles. The molecule has 0 aliphatic carbocycles. The van der Waals surface area contributed by atoms with Crippen LogP contribution in [-0.2, 0) is 4.74 Å². The summed E-state index contributed by atoms with van der Waals surface area (Å²) in [6.45, 7) is 14.6. The summed E-state index contributed by atoms with van der Waals surface area (Å²) in [6.07, 6.45) is 1.18. The van der Waals surface area contributed by atoms with E-state index < -0.39 is 0 Å². The Hall–Kier alpha value is -0.160. The summed E-state index contributed by atoms with van der Waals surface area (Å²) >= 11 is 0. The molecule has 4 nitrogen and oxygen atoms in total. The number of hydrogen-bond donors (Lipinski definition) is 1. The average molecular weight is 257 g/mol. The first-order valence-corrected chi connectivity index (χ1v) is 7.36. The average Bonchev–Trinajstić information content (AvgIpc) is 2.37. The predicted octanol–water partition coefficient (Wildman–Crippen LogP) is 1.03. The predicted molar refractivity (Wildman–Crippen MR) is 77.1 cm³/mol. The molecular formula is C14H31N3O. The summed E-state index contributed by atoms with van der Waals surface area (Å²) in [5, 5.41) is 3.57. The van der Waals surface area contributed by atoms with Crippen LogP contribution < -0.4 is 5.32 Å². The highest BCUT2D eigenvalue weighted by atomic mass is 16.5. The number of piperazine rings is 1. The first-order valence-electron chi connectivity index (χ1n) is 7.36. The van der Waals surface area contributed by atoms with Gasteiger partial charge in [0.05, 0.1) is 6.61 Å². The van der Waals surface area contributed by atoms with Crippen LogP contribution >= 0.6 is 0 Å². The summed E-state index contributed by atoms with van der Waals surface area (Å²) < 4.78 is 5.30. The molecule has 0 amide bonds. The van der Waals surface area contributed by atoms with Crippen molar-refractivity contribution in [1.82, 2.24) is 15.1 Å².